The number of carbonyl (C=O) groups is 2. The number of pyridine rings is 1. The van der Waals surface area contributed by atoms with Gasteiger partial charge in [-0.25, -0.2) is 14.0 Å². The molecule has 2 N–H and O–H groups in total. The topological polar surface area (TPSA) is 88.5 Å². The van der Waals surface area contributed by atoms with Crippen LogP contribution in [0.1, 0.15) is 30.9 Å². The van der Waals surface area contributed by atoms with Gasteiger partial charge < -0.3 is 15.2 Å². The van der Waals surface area contributed by atoms with Gasteiger partial charge in [-0.05, 0) is 24.5 Å². The van der Waals surface area contributed by atoms with E-state index in [-0.39, 0.29) is 17.8 Å². The number of carboxylic acids is 1. The van der Waals surface area contributed by atoms with Crippen LogP contribution in [0.25, 0.3) is 0 Å². The van der Waals surface area contributed by atoms with Gasteiger partial charge in [0.2, 0.25) is 0 Å². The number of hydrogen-bond acceptors (Lipinski definition) is 5. The summed E-state index contributed by atoms with van der Waals surface area (Å²) in [5.41, 5.74) is 1.89. The molecule has 1 aromatic rings. The van der Waals surface area contributed by atoms with Gasteiger partial charge in [0.15, 0.2) is 0 Å². The van der Waals surface area contributed by atoms with Crippen LogP contribution >= 0.6 is 0 Å². The van der Waals surface area contributed by atoms with Gasteiger partial charge in [-0.2, -0.15) is 0 Å². The zero-order valence-electron chi connectivity index (χ0n) is 12.6. The molecule has 0 amide bonds. The monoisotopic (exact) mass is 318 g/mol. The number of rotatable bonds is 3. The van der Waals surface area contributed by atoms with E-state index < -0.39 is 23.7 Å². The van der Waals surface area contributed by atoms with Gasteiger partial charge in [0.25, 0.3) is 0 Å². The molecule has 0 spiro atoms. The number of nitrogens with zero attached hydrogens (tertiary/aromatic N) is 1. The number of carboxylic acid groups (broad SMARTS) is 1. The molecule has 3 heterocycles. The summed E-state index contributed by atoms with van der Waals surface area (Å²) in [4.78, 5) is 27.7. The minimum absolute atomic E-state index is 0.00435. The molecule has 2 aliphatic rings. The van der Waals surface area contributed by atoms with Crippen LogP contribution in [0.4, 0.5) is 4.39 Å². The van der Waals surface area contributed by atoms with Crippen molar-refractivity contribution in [2.24, 2.45) is 0 Å². The number of dihydropyridines is 1. The molecule has 0 saturated carbocycles. The van der Waals surface area contributed by atoms with Gasteiger partial charge in [0, 0.05) is 11.9 Å². The van der Waals surface area contributed by atoms with Gasteiger partial charge in [0.05, 0.1) is 29.0 Å². The van der Waals surface area contributed by atoms with E-state index in [2.05, 4.69) is 10.3 Å². The van der Waals surface area contributed by atoms with Crippen molar-refractivity contribution in [3.8, 4) is 0 Å². The maximum absolute atomic E-state index is 14.1. The standard InChI is InChI=1S/C16H15FN2O4/c1-3-8-9(4-18-5-10(8)17)13-12(15(20)21)7(2)19-11-6-23-16(22)14(11)13/h4-5,13,19H,3,6H2,1-2H3,(H,20,21). The van der Waals surface area contributed by atoms with Crippen LogP contribution in [0.15, 0.2) is 34.9 Å². The molecule has 120 valence electrons. The number of halogens is 1. The number of esters is 1. The largest absolute Gasteiger partial charge is 0.478 e. The van der Waals surface area contributed by atoms with Crippen LogP contribution in [-0.2, 0) is 20.7 Å². The third-order valence-electron chi connectivity index (χ3n) is 4.15. The number of aromatic nitrogens is 1. The summed E-state index contributed by atoms with van der Waals surface area (Å²) < 4.78 is 19.1. The Hall–Kier alpha value is -2.70. The average Bonchev–Trinajstić information content (AvgIpc) is 2.86. The summed E-state index contributed by atoms with van der Waals surface area (Å²) in [6, 6.07) is 0. The van der Waals surface area contributed by atoms with Crippen LogP contribution in [0.3, 0.4) is 0 Å². The molecular weight excluding hydrogens is 303 g/mol. The highest BCUT2D eigenvalue weighted by molar-refractivity contribution is 6.00. The van der Waals surface area contributed by atoms with E-state index in [4.69, 9.17) is 4.74 Å². The van der Waals surface area contributed by atoms with Crippen LogP contribution in [-0.4, -0.2) is 28.6 Å². The second kappa shape index (κ2) is 5.49. The number of nitrogens with one attached hydrogen (secondary N) is 1. The first-order chi connectivity index (χ1) is 11.0. The summed E-state index contributed by atoms with van der Waals surface area (Å²) >= 11 is 0. The molecule has 0 aliphatic carbocycles. The van der Waals surface area contributed by atoms with Crippen LogP contribution < -0.4 is 5.32 Å². The second-order valence-corrected chi connectivity index (χ2v) is 5.41. The zero-order valence-corrected chi connectivity index (χ0v) is 12.6. The van der Waals surface area contributed by atoms with Crippen LogP contribution in [0.2, 0.25) is 0 Å². The average molecular weight is 318 g/mol. The Labute approximate surface area is 131 Å². The smallest absolute Gasteiger partial charge is 0.337 e. The fourth-order valence-corrected chi connectivity index (χ4v) is 3.16. The minimum Gasteiger partial charge on any atom is -0.478 e. The second-order valence-electron chi connectivity index (χ2n) is 5.41. The number of allylic oxidation sites excluding steroid dienone is 1. The first-order valence-corrected chi connectivity index (χ1v) is 7.19. The molecule has 23 heavy (non-hydrogen) atoms. The summed E-state index contributed by atoms with van der Waals surface area (Å²) in [6.07, 6.45) is 2.87. The number of cyclic esters (lactones) is 1. The Morgan fingerprint density at radius 3 is 2.91 bits per heavy atom. The molecule has 2 aliphatic heterocycles. The van der Waals surface area contributed by atoms with E-state index in [0.29, 0.717) is 28.9 Å². The SMILES string of the molecule is CCc1c(F)cncc1C1C(C(=O)O)=C(C)NC2=C1C(=O)OC2. The molecular formula is C16H15FN2O4. The fourth-order valence-electron chi connectivity index (χ4n) is 3.16. The van der Waals surface area contributed by atoms with E-state index in [0.717, 1.165) is 6.20 Å². The van der Waals surface area contributed by atoms with Gasteiger partial charge in [-0.3, -0.25) is 4.98 Å². The lowest BCUT2D eigenvalue weighted by Gasteiger charge is -2.27. The van der Waals surface area contributed by atoms with Crippen LogP contribution in [0, 0.1) is 5.82 Å². The third-order valence-corrected chi connectivity index (χ3v) is 4.15. The zero-order chi connectivity index (χ0) is 16.7. The Morgan fingerprint density at radius 1 is 1.52 bits per heavy atom. The Balaban J connectivity index is 2.27. The van der Waals surface area contributed by atoms with Crippen molar-refractivity contribution in [2.75, 3.05) is 6.61 Å². The number of carbonyl (C=O) groups excluding carboxylic acids is 1. The van der Waals surface area contributed by atoms with Crippen molar-refractivity contribution < 1.29 is 23.8 Å². The predicted octanol–water partition coefficient (Wildman–Crippen LogP) is 1.64. The molecule has 0 saturated heterocycles. The molecule has 1 atom stereocenters. The molecule has 6 nitrogen and oxygen atoms in total. The van der Waals surface area contributed by atoms with Crippen molar-refractivity contribution in [1.29, 1.82) is 0 Å². The Bertz CT molecular complexity index is 780. The Morgan fingerprint density at radius 2 is 2.26 bits per heavy atom. The summed E-state index contributed by atoms with van der Waals surface area (Å²) in [5.74, 6) is -3.16. The first-order valence-electron chi connectivity index (χ1n) is 7.19. The van der Waals surface area contributed by atoms with Crippen molar-refractivity contribution in [2.45, 2.75) is 26.2 Å². The number of aliphatic carboxylic acids is 1. The van der Waals surface area contributed by atoms with E-state index in [9.17, 15) is 19.1 Å². The van der Waals surface area contributed by atoms with Crippen molar-refractivity contribution in [1.82, 2.24) is 10.3 Å². The first kappa shape index (κ1) is 15.2. The highest BCUT2D eigenvalue weighted by Gasteiger charge is 2.42. The normalized spacial score (nSPS) is 20.3. The van der Waals surface area contributed by atoms with Crippen molar-refractivity contribution in [3.63, 3.8) is 0 Å². The molecule has 0 aromatic carbocycles. The summed E-state index contributed by atoms with van der Waals surface area (Å²) in [6.45, 7) is 3.43. The van der Waals surface area contributed by atoms with Gasteiger partial charge in [0.1, 0.15) is 12.4 Å². The number of hydrogen-bond donors (Lipinski definition) is 2. The lowest BCUT2D eigenvalue weighted by Crippen LogP contribution is -2.30. The summed E-state index contributed by atoms with van der Waals surface area (Å²) in [7, 11) is 0. The predicted molar refractivity (Wildman–Crippen MR) is 77.8 cm³/mol. The molecule has 0 radical (unpaired) electrons. The minimum atomic E-state index is -1.17. The molecule has 0 bridgehead atoms. The van der Waals surface area contributed by atoms with E-state index in [1.165, 1.54) is 6.20 Å². The van der Waals surface area contributed by atoms with E-state index >= 15 is 0 Å². The quantitative estimate of drug-likeness (QED) is 0.824. The van der Waals surface area contributed by atoms with Gasteiger partial charge >= 0.3 is 11.9 Å². The maximum Gasteiger partial charge on any atom is 0.337 e. The molecule has 1 unspecified atom stereocenters. The lowest BCUT2D eigenvalue weighted by molar-refractivity contribution is -0.136. The maximum atomic E-state index is 14.1. The van der Waals surface area contributed by atoms with E-state index in [1.807, 2.05) is 0 Å². The fraction of sp³-hybridized carbons (Fsp3) is 0.312. The van der Waals surface area contributed by atoms with Crippen LogP contribution in [0.5, 0.6) is 0 Å². The molecule has 0 fully saturated rings. The van der Waals surface area contributed by atoms with Crippen molar-refractivity contribution in [3.05, 3.63) is 51.9 Å². The number of ether oxygens (including phenoxy) is 1. The summed E-state index contributed by atoms with van der Waals surface area (Å²) in [5, 5.41) is 12.5. The molecule has 3 rings (SSSR count). The van der Waals surface area contributed by atoms with E-state index in [1.54, 1.807) is 13.8 Å². The highest BCUT2D eigenvalue weighted by atomic mass is 19.1. The highest BCUT2D eigenvalue weighted by Crippen LogP contribution is 2.42. The van der Waals surface area contributed by atoms with Gasteiger partial charge in [-0.15, -0.1) is 0 Å². The third kappa shape index (κ3) is 2.28. The lowest BCUT2D eigenvalue weighted by atomic mass is 9.79. The molecule has 7 heteroatoms. The Kier molecular flexibility index (Phi) is 3.63. The molecule has 1 aromatic heterocycles. The van der Waals surface area contributed by atoms with Crippen molar-refractivity contribution >= 4 is 11.9 Å². The van der Waals surface area contributed by atoms with Gasteiger partial charge in [-0.1, -0.05) is 6.92 Å².